The van der Waals surface area contributed by atoms with E-state index in [-0.39, 0.29) is 11.9 Å². The molecule has 0 aliphatic carbocycles. The van der Waals surface area contributed by atoms with E-state index in [4.69, 9.17) is 4.74 Å². The quantitative estimate of drug-likeness (QED) is 0.891. The van der Waals surface area contributed by atoms with Crippen molar-refractivity contribution in [3.05, 3.63) is 53.9 Å². The zero-order valence-electron chi connectivity index (χ0n) is 15.0. The molecule has 26 heavy (non-hydrogen) atoms. The maximum Gasteiger partial charge on any atom is 0.251 e. The third-order valence-electron chi connectivity index (χ3n) is 5.32. The van der Waals surface area contributed by atoms with Gasteiger partial charge in [0.2, 0.25) is 0 Å². The molecule has 6 heteroatoms. The van der Waals surface area contributed by atoms with Crippen LogP contribution >= 0.6 is 0 Å². The predicted octanol–water partition coefficient (Wildman–Crippen LogP) is 1.91. The Bertz CT molecular complexity index is 725. The van der Waals surface area contributed by atoms with Crippen molar-refractivity contribution < 1.29 is 9.53 Å². The molecule has 138 valence electrons. The Kier molecular flexibility index (Phi) is 5.32. The van der Waals surface area contributed by atoms with Crippen LogP contribution in [-0.4, -0.2) is 59.0 Å². The van der Waals surface area contributed by atoms with Crippen LogP contribution in [0.3, 0.4) is 0 Å². The summed E-state index contributed by atoms with van der Waals surface area (Å²) < 4.78 is 7.54. The number of hydrogen-bond acceptors (Lipinski definition) is 4. The topological polar surface area (TPSA) is 59.4 Å². The number of ether oxygens (including phenoxy) is 1. The number of likely N-dealkylation sites (tertiary alicyclic amines) is 1. The predicted molar refractivity (Wildman–Crippen MR) is 99.1 cm³/mol. The normalized spacial score (nSPS) is 23.8. The molecule has 1 N–H and O–H groups in total. The molecule has 2 aliphatic heterocycles. The molecule has 0 radical (unpaired) electrons. The van der Waals surface area contributed by atoms with Gasteiger partial charge in [-0.05, 0) is 49.7 Å². The summed E-state index contributed by atoms with van der Waals surface area (Å²) in [4.78, 5) is 15.3. The number of rotatable bonds is 5. The lowest BCUT2D eigenvalue weighted by atomic mass is 10.0. The van der Waals surface area contributed by atoms with E-state index in [1.54, 1.807) is 6.20 Å². The van der Waals surface area contributed by atoms with Crippen LogP contribution < -0.4 is 5.32 Å². The number of nitrogens with one attached hydrogen (secondary N) is 1. The van der Waals surface area contributed by atoms with E-state index in [1.165, 1.54) is 19.3 Å². The Hall–Kier alpha value is -2.18. The van der Waals surface area contributed by atoms with Crippen LogP contribution in [0.4, 0.5) is 0 Å². The summed E-state index contributed by atoms with van der Waals surface area (Å²) in [6.07, 6.45) is 7.48. The zero-order valence-corrected chi connectivity index (χ0v) is 15.0. The summed E-state index contributed by atoms with van der Waals surface area (Å²) >= 11 is 0. The number of carbonyl (C=O) groups is 1. The summed E-state index contributed by atoms with van der Waals surface area (Å²) in [5.74, 6) is -0.0233. The lowest BCUT2D eigenvalue weighted by molar-refractivity contribution is 0.0899. The van der Waals surface area contributed by atoms with Crippen LogP contribution in [0.2, 0.25) is 0 Å². The van der Waals surface area contributed by atoms with Crippen molar-refractivity contribution in [2.75, 3.05) is 26.3 Å². The minimum Gasteiger partial charge on any atom is -0.378 e. The summed E-state index contributed by atoms with van der Waals surface area (Å²) in [7, 11) is 0. The number of piperidine rings is 1. The highest BCUT2D eigenvalue weighted by Crippen LogP contribution is 2.19. The SMILES string of the molecule is O=C(N[C@@H]1COC[C@H]1N1CCCCC1)c1cccc(Cn2cccn2)c1. The molecule has 0 spiro atoms. The van der Waals surface area contributed by atoms with Crippen molar-refractivity contribution in [3.8, 4) is 0 Å². The van der Waals surface area contributed by atoms with E-state index in [0.717, 1.165) is 18.7 Å². The maximum atomic E-state index is 12.8. The Morgan fingerprint density at radius 2 is 2.08 bits per heavy atom. The van der Waals surface area contributed by atoms with Crippen LogP contribution in [-0.2, 0) is 11.3 Å². The van der Waals surface area contributed by atoms with E-state index < -0.39 is 0 Å². The first-order valence-corrected chi connectivity index (χ1v) is 9.48. The second kappa shape index (κ2) is 8.01. The van der Waals surface area contributed by atoms with E-state index in [2.05, 4.69) is 15.3 Å². The number of amides is 1. The molecule has 4 rings (SSSR count). The molecule has 2 aliphatic rings. The van der Waals surface area contributed by atoms with Crippen LogP contribution in [0.5, 0.6) is 0 Å². The van der Waals surface area contributed by atoms with Crippen molar-refractivity contribution in [2.24, 2.45) is 0 Å². The summed E-state index contributed by atoms with van der Waals surface area (Å²) in [5, 5.41) is 7.43. The second-order valence-corrected chi connectivity index (χ2v) is 7.19. The van der Waals surface area contributed by atoms with Crippen molar-refractivity contribution >= 4 is 5.91 Å². The summed E-state index contributed by atoms with van der Waals surface area (Å²) in [6, 6.07) is 10.0. The fourth-order valence-electron chi connectivity index (χ4n) is 3.93. The van der Waals surface area contributed by atoms with Crippen LogP contribution in [0.1, 0.15) is 35.2 Å². The molecule has 2 saturated heterocycles. The molecule has 6 nitrogen and oxygen atoms in total. The van der Waals surface area contributed by atoms with E-state index in [0.29, 0.717) is 31.4 Å². The van der Waals surface area contributed by atoms with Gasteiger partial charge < -0.3 is 10.1 Å². The highest BCUT2D eigenvalue weighted by atomic mass is 16.5. The van der Waals surface area contributed by atoms with Gasteiger partial charge in [-0.2, -0.15) is 5.10 Å². The Labute approximate surface area is 154 Å². The highest BCUT2D eigenvalue weighted by molar-refractivity contribution is 5.94. The van der Waals surface area contributed by atoms with Gasteiger partial charge in [-0.25, -0.2) is 0 Å². The smallest absolute Gasteiger partial charge is 0.251 e. The van der Waals surface area contributed by atoms with Crippen molar-refractivity contribution in [2.45, 2.75) is 37.9 Å². The lowest BCUT2D eigenvalue weighted by Crippen LogP contribution is -2.52. The third kappa shape index (κ3) is 3.97. The zero-order chi connectivity index (χ0) is 17.8. The molecule has 2 atom stereocenters. The van der Waals surface area contributed by atoms with Gasteiger partial charge in [-0.15, -0.1) is 0 Å². The second-order valence-electron chi connectivity index (χ2n) is 7.19. The molecule has 0 bridgehead atoms. The molecule has 0 unspecified atom stereocenters. The van der Waals surface area contributed by atoms with Crippen molar-refractivity contribution in [3.63, 3.8) is 0 Å². The molecule has 1 aromatic carbocycles. The van der Waals surface area contributed by atoms with Gasteiger partial charge in [0.15, 0.2) is 0 Å². The molecule has 0 saturated carbocycles. The molecule has 1 aromatic heterocycles. The number of nitrogens with zero attached hydrogens (tertiary/aromatic N) is 3. The molecule has 2 fully saturated rings. The maximum absolute atomic E-state index is 12.8. The standard InChI is InChI=1S/C20H26N4O2/c25-20(17-7-4-6-16(12-17)13-24-11-5-8-21-24)22-18-14-26-15-19(18)23-9-2-1-3-10-23/h4-8,11-12,18-19H,1-3,9-10,13-15H2,(H,22,25)/t18-,19-/m1/s1. The average molecular weight is 354 g/mol. The average Bonchev–Trinajstić information content (AvgIpc) is 3.35. The van der Waals surface area contributed by atoms with E-state index >= 15 is 0 Å². The Balaban J connectivity index is 1.41. The molecule has 1 amide bonds. The van der Waals surface area contributed by atoms with Gasteiger partial charge >= 0.3 is 0 Å². The highest BCUT2D eigenvalue weighted by Gasteiger charge is 2.34. The first-order chi connectivity index (χ1) is 12.8. The van der Waals surface area contributed by atoms with Crippen molar-refractivity contribution in [1.82, 2.24) is 20.0 Å². The Morgan fingerprint density at radius 3 is 2.88 bits per heavy atom. The van der Waals surface area contributed by atoms with Crippen molar-refractivity contribution in [1.29, 1.82) is 0 Å². The third-order valence-corrected chi connectivity index (χ3v) is 5.32. The van der Waals surface area contributed by atoms with E-state index in [1.807, 2.05) is 41.2 Å². The molecule has 2 aromatic rings. The first kappa shape index (κ1) is 17.2. The largest absolute Gasteiger partial charge is 0.378 e. The summed E-state index contributed by atoms with van der Waals surface area (Å²) in [5.41, 5.74) is 1.76. The van der Waals surface area contributed by atoms with Crippen LogP contribution in [0.25, 0.3) is 0 Å². The van der Waals surface area contributed by atoms with Gasteiger partial charge in [0.1, 0.15) is 0 Å². The van der Waals surface area contributed by atoms with Crippen LogP contribution in [0, 0.1) is 0 Å². The lowest BCUT2D eigenvalue weighted by Gasteiger charge is -2.34. The number of carbonyl (C=O) groups excluding carboxylic acids is 1. The fraction of sp³-hybridized carbons (Fsp3) is 0.500. The fourth-order valence-corrected chi connectivity index (χ4v) is 3.93. The van der Waals surface area contributed by atoms with Gasteiger partial charge in [0.25, 0.3) is 5.91 Å². The first-order valence-electron chi connectivity index (χ1n) is 9.48. The van der Waals surface area contributed by atoms with Crippen LogP contribution in [0.15, 0.2) is 42.7 Å². The van der Waals surface area contributed by atoms with E-state index in [9.17, 15) is 4.79 Å². The van der Waals surface area contributed by atoms with Gasteiger partial charge in [-0.1, -0.05) is 18.6 Å². The number of aromatic nitrogens is 2. The monoisotopic (exact) mass is 354 g/mol. The summed E-state index contributed by atoms with van der Waals surface area (Å²) in [6.45, 7) is 4.20. The minimum absolute atomic E-state index is 0.0233. The minimum atomic E-state index is -0.0233. The number of hydrogen-bond donors (Lipinski definition) is 1. The molecular formula is C20H26N4O2. The van der Waals surface area contributed by atoms with Gasteiger partial charge in [0, 0.05) is 18.0 Å². The molecule has 3 heterocycles. The van der Waals surface area contributed by atoms with Gasteiger partial charge in [-0.3, -0.25) is 14.4 Å². The van der Waals surface area contributed by atoms with Gasteiger partial charge in [0.05, 0.1) is 31.8 Å². The molecular weight excluding hydrogens is 328 g/mol. The number of benzene rings is 1. The Morgan fingerprint density at radius 1 is 1.19 bits per heavy atom.